The van der Waals surface area contributed by atoms with Crippen LogP contribution in [0.4, 0.5) is 0 Å². The van der Waals surface area contributed by atoms with Gasteiger partial charge in [-0.1, -0.05) is 48.5 Å². The zero-order valence-electron chi connectivity index (χ0n) is 14.7. The zero-order chi connectivity index (χ0) is 19.9. The number of carboxylic acids is 1. The number of sulfone groups is 1. The van der Waals surface area contributed by atoms with Gasteiger partial charge in [0.15, 0.2) is 15.9 Å². The normalized spacial score (nSPS) is 13.5. The van der Waals surface area contributed by atoms with Gasteiger partial charge < -0.3 is 15.2 Å². The topological polar surface area (TPSA) is 110 Å². The Bertz CT molecular complexity index is 868. The maximum atomic E-state index is 12.4. The van der Waals surface area contributed by atoms with Crippen LogP contribution in [0.1, 0.15) is 18.1 Å². The highest BCUT2D eigenvalue weighted by molar-refractivity contribution is 7.91. The van der Waals surface area contributed by atoms with Crippen molar-refractivity contribution in [3.05, 3.63) is 66.2 Å². The molecule has 0 saturated carbocycles. The van der Waals surface area contributed by atoms with Crippen LogP contribution in [0.2, 0.25) is 0 Å². The average Bonchev–Trinajstić information content (AvgIpc) is 2.67. The Labute approximate surface area is 157 Å². The Morgan fingerprint density at radius 3 is 2.11 bits per heavy atom. The summed E-state index contributed by atoms with van der Waals surface area (Å²) in [6, 6.07) is 15.0. The van der Waals surface area contributed by atoms with E-state index in [1.165, 1.54) is 19.2 Å². The number of aliphatic carboxylic acids is 1. The van der Waals surface area contributed by atoms with E-state index in [0.29, 0.717) is 5.56 Å². The van der Waals surface area contributed by atoms with Crippen molar-refractivity contribution < 1.29 is 27.9 Å². The van der Waals surface area contributed by atoms with Crippen molar-refractivity contribution in [3.63, 3.8) is 0 Å². The van der Waals surface area contributed by atoms with Crippen molar-refractivity contribution in [2.24, 2.45) is 0 Å². The summed E-state index contributed by atoms with van der Waals surface area (Å²) in [4.78, 5) is 24.0. The van der Waals surface area contributed by atoms with E-state index in [4.69, 9.17) is 4.74 Å². The smallest absolute Gasteiger partial charge is 0.326 e. The first-order valence-electron chi connectivity index (χ1n) is 8.24. The summed E-state index contributed by atoms with van der Waals surface area (Å²) in [5, 5.41) is 11.7. The third kappa shape index (κ3) is 5.63. The van der Waals surface area contributed by atoms with E-state index in [0.717, 1.165) is 0 Å². The van der Waals surface area contributed by atoms with E-state index in [-0.39, 0.29) is 11.3 Å². The van der Waals surface area contributed by atoms with E-state index >= 15 is 0 Å². The number of carbonyl (C=O) groups is 2. The zero-order valence-corrected chi connectivity index (χ0v) is 15.6. The summed E-state index contributed by atoms with van der Waals surface area (Å²) >= 11 is 0. The summed E-state index contributed by atoms with van der Waals surface area (Å²) in [5.41, 5.74) is 0.568. The maximum absolute atomic E-state index is 12.4. The molecule has 2 atom stereocenters. The van der Waals surface area contributed by atoms with E-state index < -0.39 is 39.6 Å². The van der Waals surface area contributed by atoms with Gasteiger partial charge in [-0.15, -0.1) is 0 Å². The van der Waals surface area contributed by atoms with Crippen molar-refractivity contribution in [3.8, 4) is 0 Å². The molecule has 1 amide bonds. The number of rotatable bonds is 9. The molecule has 0 radical (unpaired) electrons. The predicted octanol–water partition coefficient (Wildman–Crippen LogP) is 1.81. The second-order valence-corrected chi connectivity index (χ2v) is 7.96. The highest BCUT2D eigenvalue weighted by Gasteiger charge is 2.28. The summed E-state index contributed by atoms with van der Waals surface area (Å²) < 4.78 is 29.8. The molecule has 0 fully saturated rings. The number of methoxy groups -OCH3 is 1. The quantitative estimate of drug-likeness (QED) is 0.675. The highest BCUT2D eigenvalue weighted by atomic mass is 32.2. The van der Waals surface area contributed by atoms with E-state index in [1.807, 2.05) is 0 Å². The van der Waals surface area contributed by atoms with Crippen molar-refractivity contribution >= 4 is 21.7 Å². The van der Waals surface area contributed by atoms with E-state index in [2.05, 4.69) is 5.32 Å². The molecular formula is C19H21NO6S. The number of carboxylic acid groups (broad SMARTS) is 1. The molecule has 2 N–H and O–H groups in total. The number of hydrogen-bond acceptors (Lipinski definition) is 5. The molecule has 0 aliphatic rings. The van der Waals surface area contributed by atoms with Crippen LogP contribution in [-0.2, 0) is 24.2 Å². The van der Waals surface area contributed by atoms with Gasteiger partial charge in [-0.3, -0.25) is 4.79 Å². The molecule has 8 heteroatoms. The molecule has 144 valence electrons. The SMILES string of the molecule is CO[C@H](C(=O)N[C@H](CCS(=O)(=O)c1ccccc1)C(=O)O)c1ccccc1. The van der Waals surface area contributed by atoms with Gasteiger partial charge in [0.25, 0.3) is 5.91 Å². The molecule has 0 aliphatic carbocycles. The molecular weight excluding hydrogens is 370 g/mol. The van der Waals surface area contributed by atoms with Gasteiger partial charge >= 0.3 is 5.97 Å². The number of amides is 1. The van der Waals surface area contributed by atoms with Gasteiger partial charge in [-0.2, -0.15) is 0 Å². The third-order valence-corrected chi connectivity index (χ3v) is 5.73. The predicted molar refractivity (Wildman–Crippen MR) is 98.9 cm³/mol. The maximum Gasteiger partial charge on any atom is 0.326 e. The van der Waals surface area contributed by atoms with Gasteiger partial charge in [0.05, 0.1) is 10.6 Å². The van der Waals surface area contributed by atoms with Crippen molar-refractivity contribution in [1.82, 2.24) is 5.32 Å². The minimum absolute atomic E-state index is 0.111. The van der Waals surface area contributed by atoms with E-state index in [1.54, 1.807) is 48.5 Å². The lowest BCUT2D eigenvalue weighted by molar-refractivity contribution is -0.144. The molecule has 7 nitrogen and oxygen atoms in total. The molecule has 0 spiro atoms. The molecule has 2 aromatic carbocycles. The van der Waals surface area contributed by atoms with Crippen molar-refractivity contribution in [2.45, 2.75) is 23.5 Å². The summed E-state index contributed by atoms with van der Waals surface area (Å²) in [7, 11) is -2.31. The Morgan fingerprint density at radius 2 is 1.59 bits per heavy atom. The second kappa shape index (κ2) is 9.29. The van der Waals surface area contributed by atoms with Crippen molar-refractivity contribution in [1.29, 1.82) is 0 Å². The summed E-state index contributed by atoms with van der Waals surface area (Å²) in [6.45, 7) is 0. The van der Waals surface area contributed by atoms with Crippen LogP contribution >= 0.6 is 0 Å². The number of nitrogens with one attached hydrogen (secondary N) is 1. The summed E-state index contributed by atoms with van der Waals surface area (Å²) in [5.74, 6) is -2.36. The van der Waals surface area contributed by atoms with Crippen LogP contribution in [0.5, 0.6) is 0 Å². The van der Waals surface area contributed by atoms with E-state index in [9.17, 15) is 23.1 Å². The first-order chi connectivity index (χ1) is 12.8. The lowest BCUT2D eigenvalue weighted by atomic mass is 10.1. The van der Waals surface area contributed by atoms with Crippen LogP contribution in [0.3, 0.4) is 0 Å². The molecule has 0 bridgehead atoms. The van der Waals surface area contributed by atoms with Crippen LogP contribution in [0.15, 0.2) is 65.6 Å². The molecule has 0 heterocycles. The average molecular weight is 391 g/mol. The Balaban J connectivity index is 2.07. The molecule has 0 aliphatic heterocycles. The molecule has 2 rings (SSSR count). The van der Waals surface area contributed by atoms with Crippen LogP contribution in [-0.4, -0.2) is 44.3 Å². The van der Waals surface area contributed by atoms with Gasteiger partial charge in [-0.05, 0) is 24.1 Å². The standard InChI is InChI=1S/C19H21NO6S/c1-26-17(14-8-4-2-5-9-14)18(21)20-16(19(22)23)12-13-27(24,25)15-10-6-3-7-11-15/h2-11,16-17H,12-13H2,1H3,(H,20,21)(H,22,23)/t16-,17+/m1/s1. The minimum atomic E-state index is -3.65. The van der Waals surface area contributed by atoms with Gasteiger partial charge in [-0.25, -0.2) is 13.2 Å². The van der Waals surface area contributed by atoms with Gasteiger partial charge in [0.2, 0.25) is 0 Å². The van der Waals surface area contributed by atoms with Crippen molar-refractivity contribution in [2.75, 3.05) is 12.9 Å². The first kappa shape index (κ1) is 20.6. The number of ether oxygens (including phenoxy) is 1. The number of benzene rings is 2. The number of carbonyl (C=O) groups excluding carboxylic acids is 1. The highest BCUT2D eigenvalue weighted by Crippen LogP contribution is 2.17. The fraction of sp³-hybridized carbons (Fsp3) is 0.263. The first-order valence-corrected chi connectivity index (χ1v) is 9.89. The molecule has 0 saturated heterocycles. The monoisotopic (exact) mass is 391 g/mol. The molecule has 2 aromatic rings. The Morgan fingerprint density at radius 1 is 1.04 bits per heavy atom. The van der Waals surface area contributed by atoms with Gasteiger partial charge in [0.1, 0.15) is 6.04 Å². The second-order valence-electron chi connectivity index (χ2n) is 5.85. The molecule has 0 aromatic heterocycles. The van der Waals surface area contributed by atoms with Crippen LogP contribution < -0.4 is 5.32 Å². The molecule has 27 heavy (non-hydrogen) atoms. The Hall–Kier alpha value is -2.71. The third-order valence-electron chi connectivity index (χ3n) is 3.97. The largest absolute Gasteiger partial charge is 0.480 e. The fourth-order valence-corrected chi connectivity index (χ4v) is 3.90. The molecule has 0 unspecified atom stereocenters. The summed E-state index contributed by atoms with van der Waals surface area (Å²) in [6.07, 6.45) is -1.25. The van der Waals surface area contributed by atoms with Crippen LogP contribution in [0, 0.1) is 0 Å². The van der Waals surface area contributed by atoms with Crippen LogP contribution in [0.25, 0.3) is 0 Å². The lowest BCUT2D eigenvalue weighted by Gasteiger charge is -2.19. The minimum Gasteiger partial charge on any atom is -0.480 e. The number of hydrogen-bond donors (Lipinski definition) is 2. The Kier molecular flexibility index (Phi) is 7.09. The van der Waals surface area contributed by atoms with Gasteiger partial charge in [0, 0.05) is 7.11 Å². The fourth-order valence-electron chi connectivity index (χ4n) is 2.55. The lowest BCUT2D eigenvalue weighted by Crippen LogP contribution is -2.44.